The van der Waals surface area contributed by atoms with Gasteiger partial charge in [0, 0.05) is 4.90 Å². The van der Waals surface area contributed by atoms with Crippen molar-refractivity contribution in [3.63, 3.8) is 0 Å². The van der Waals surface area contributed by atoms with Crippen LogP contribution in [0, 0.1) is 0 Å². The Morgan fingerprint density at radius 1 is 1.44 bits per heavy atom. The number of benzene rings is 1. The lowest BCUT2D eigenvalue weighted by Gasteiger charge is -2.16. The van der Waals surface area contributed by atoms with Gasteiger partial charge in [-0.15, -0.1) is 11.8 Å². The predicted octanol–water partition coefficient (Wildman–Crippen LogP) is 1.28. The molecule has 0 aliphatic carbocycles. The third-order valence-corrected chi connectivity index (χ3v) is 2.91. The van der Waals surface area contributed by atoms with E-state index in [9.17, 15) is 15.0 Å². The molecule has 1 aromatic carbocycles. The highest BCUT2D eigenvalue weighted by molar-refractivity contribution is 7.98. The molecular weight excluding hydrogens is 228 g/mol. The maximum atomic E-state index is 10.4. The van der Waals surface area contributed by atoms with Crippen LogP contribution in [0.25, 0.3) is 0 Å². The number of hydrogen-bond acceptors (Lipinski definition) is 4. The first-order valence-electron chi connectivity index (χ1n) is 4.76. The number of carbonyl (C=O) groups is 1. The molecule has 0 radical (unpaired) electrons. The van der Waals surface area contributed by atoms with Crippen LogP contribution in [0.2, 0.25) is 0 Å². The number of rotatable bonds is 5. The van der Waals surface area contributed by atoms with Crippen molar-refractivity contribution in [1.82, 2.24) is 0 Å². The van der Waals surface area contributed by atoms with Gasteiger partial charge < -0.3 is 15.3 Å². The monoisotopic (exact) mass is 242 g/mol. The Kier molecular flexibility index (Phi) is 4.79. The van der Waals surface area contributed by atoms with E-state index in [0.29, 0.717) is 5.56 Å². The van der Waals surface area contributed by atoms with Gasteiger partial charge in [-0.3, -0.25) is 4.79 Å². The van der Waals surface area contributed by atoms with Crippen molar-refractivity contribution in [3.05, 3.63) is 29.8 Å². The van der Waals surface area contributed by atoms with E-state index in [0.717, 1.165) is 4.90 Å². The fourth-order valence-electron chi connectivity index (χ4n) is 1.34. The van der Waals surface area contributed by atoms with Crippen LogP contribution >= 0.6 is 11.8 Å². The SMILES string of the molecule is CSc1cccc(C(O)C(O)CC(=O)O)c1. The van der Waals surface area contributed by atoms with Crippen molar-refractivity contribution in [2.45, 2.75) is 23.5 Å². The van der Waals surface area contributed by atoms with Crippen LogP contribution in [0.4, 0.5) is 0 Å². The van der Waals surface area contributed by atoms with E-state index in [1.165, 1.54) is 11.8 Å². The Balaban J connectivity index is 2.78. The first-order chi connectivity index (χ1) is 7.54. The Hall–Kier alpha value is -1.04. The van der Waals surface area contributed by atoms with Crippen molar-refractivity contribution in [2.24, 2.45) is 0 Å². The first kappa shape index (κ1) is 13.0. The van der Waals surface area contributed by atoms with Crippen LogP contribution in [0.5, 0.6) is 0 Å². The fraction of sp³-hybridized carbons (Fsp3) is 0.364. The van der Waals surface area contributed by atoms with Gasteiger partial charge in [0.2, 0.25) is 0 Å². The Bertz CT molecular complexity index is 367. The molecule has 0 aromatic heterocycles. The molecule has 16 heavy (non-hydrogen) atoms. The van der Waals surface area contributed by atoms with Gasteiger partial charge in [-0.05, 0) is 24.0 Å². The topological polar surface area (TPSA) is 77.8 Å². The van der Waals surface area contributed by atoms with Crippen LogP contribution in [-0.2, 0) is 4.79 Å². The highest BCUT2D eigenvalue weighted by Crippen LogP contribution is 2.23. The third kappa shape index (κ3) is 3.52. The normalized spacial score (nSPS) is 14.4. The minimum absolute atomic E-state index is 0.468. The van der Waals surface area contributed by atoms with E-state index in [1.54, 1.807) is 18.2 Å². The van der Waals surface area contributed by atoms with Gasteiger partial charge >= 0.3 is 5.97 Å². The largest absolute Gasteiger partial charge is 0.481 e. The first-order valence-corrected chi connectivity index (χ1v) is 5.99. The molecule has 4 nitrogen and oxygen atoms in total. The van der Waals surface area contributed by atoms with Crippen LogP contribution in [0.3, 0.4) is 0 Å². The second-order valence-corrected chi connectivity index (χ2v) is 4.27. The number of aliphatic hydroxyl groups is 2. The third-order valence-electron chi connectivity index (χ3n) is 2.18. The molecular formula is C11H14O4S. The number of carboxylic acids is 1. The van der Waals surface area contributed by atoms with Crippen LogP contribution in [0.1, 0.15) is 18.1 Å². The van der Waals surface area contributed by atoms with E-state index in [2.05, 4.69) is 0 Å². The molecule has 0 spiro atoms. The lowest BCUT2D eigenvalue weighted by molar-refractivity contribution is -0.141. The molecule has 0 saturated heterocycles. The van der Waals surface area contributed by atoms with Crippen molar-refractivity contribution >= 4 is 17.7 Å². The summed E-state index contributed by atoms with van der Waals surface area (Å²) in [4.78, 5) is 11.4. The Morgan fingerprint density at radius 3 is 2.69 bits per heavy atom. The van der Waals surface area contributed by atoms with Crippen LogP contribution < -0.4 is 0 Å². The van der Waals surface area contributed by atoms with Crippen molar-refractivity contribution in [1.29, 1.82) is 0 Å². The quantitative estimate of drug-likeness (QED) is 0.678. The van der Waals surface area contributed by atoms with Crippen molar-refractivity contribution in [2.75, 3.05) is 6.26 Å². The van der Waals surface area contributed by atoms with Crippen LogP contribution in [0.15, 0.2) is 29.2 Å². The molecule has 1 aromatic rings. The van der Waals surface area contributed by atoms with Gasteiger partial charge in [-0.2, -0.15) is 0 Å². The summed E-state index contributed by atoms with van der Waals surface area (Å²) in [7, 11) is 0. The lowest BCUT2D eigenvalue weighted by atomic mass is 10.0. The minimum atomic E-state index is -1.28. The average molecular weight is 242 g/mol. The summed E-state index contributed by atoms with van der Waals surface area (Å²) < 4.78 is 0. The van der Waals surface area contributed by atoms with Crippen molar-refractivity contribution in [3.8, 4) is 0 Å². The molecule has 0 fully saturated rings. The second-order valence-electron chi connectivity index (χ2n) is 3.39. The summed E-state index contributed by atoms with van der Waals surface area (Å²) in [5, 5.41) is 27.7. The molecule has 2 unspecified atom stereocenters. The molecule has 0 aliphatic heterocycles. The maximum absolute atomic E-state index is 10.4. The zero-order valence-electron chi connectivity index (χ0n) is 8.83. The number of hydrogen-bond donors (Lipinski definition) is 3. The minimum Gasteiger partial charge on any atom is -0.481 e. The molecule has 0 amide bonds. The van der Waals surface area contributed by atoms with E-state index in [1.807, 2.05) is 12.3 Å². The smallest absolute Gasteiger partial charge is 0.306 e. The molecule has 0 saturated carbocycles. The maximum Gasteiger partial charge on any atom is 0.306 e. The molecule has 3 N–H and O–H groups in total. The number of thioether (sulfide) groups is 1. The van der Waals surface area contributed by atoms with Crippen molar-refractivity contribution < 1.29 is 20.1 Å². The van der Waals surface area contributed by atoms with Gasteiger partial charge in [-0.1, -0.05) is 12.1 Å². The zero-order valence-corrected chi connectivity index (χ0v) is 9.65. The standard InChI is InChI=1S/C11H14O4S/c1-16-8-4-2-3-7(5-8)11(15)9(12)6-10(13)14/h2-5,9,11-12,15H,6H2,1H3,(H,13,14). The number of aliphatic carboxylic acids is 1. The zero-order chi connectivity index (χ0) is 12.1. The lowest BCUT2D eigenvalue weighted by Crippen LogP contribution is -2.21. The van der Waals surface area contributed by atoms with E-state index in [-0.39, 0.29) is 0 Å². The summed E-state index contributed by atoms with van der Waals surface area (Å²) in [5.74, 6) is -1.13. The van der Waals surface area contributed by atoms with E-state index in [4.69, 9.17) is 5.11 Å². The van der Waals surface area contributed by atoms with Gasteiger partial charge in [0.15, 0.2) is 0 Å². The molecule has 2 atom stereocenters. The Labute approximate surface area is 97.9 Å². The number of aliphatic hydroxyl groups excluding tert-OH is 2. The summed E-state index contributed by atoms with van der Waals surface area (Å²) >= 11 is 1.52. The van der Waals surface area contributed by atoms with Gasteiger partial charge in [0.1, 0.15) is 6.10 Å². The number of carboxylic acid groups (broad SMARTS) is 1. The van der Waals surface area contributed by atoms with Gasteiger partial charge in [0.05, 0.1) is 12.5 Å². The van der Waals surface area contributed by atoms with Crippen LogP contribution in [-0.4, -0.2) is 33.6 Å². The highest BCUT2D eigenvalue weighted by atomic mass is 32.2. The highest BCUT2D eigenvalue weighted by Gasteiger charge is 2.21. The average Bonchev–Trinajstić information content (AvgIpc) is 2.27. The molecule has 1 rings (SSSR count). The van der Waals surface area contributed by atoms with E-state index < -0.39 is 24.6 Å². The second kappa shape index (κ2) is 5.89. The molecule has 0 aliphatic rings. The molecule has 5 heteroatoms. The summed E-state index contributed by atoms with van der Waals surface area (Å²) in [6, 6.07) is 7.04. The fourth-order valence-corrected chi connectivity index (χ4v) is 1.81. The van der Waals surface area contributed by atoms with E-state index >= 15 is 0 Å². The molecule has 0 heterocycles. The summed E-state index contributed by atoms with van der Waals surface area (Å²) in [5.41, 5.74) is 0.528. The molecule has 88 valence electrons. The summed E-state index contributed by atoms with van der Waals surface area (Å²) in [6.07, 6.45) is -1.01. The van der Waals surface area contributed by atoms with Gasteiger partial charge in [-0.25, -0.2) is 0 Å². The Morgan fingerprint density at radius 2 is 2.12 bits per heavy atom. The predicted molar refractivity (Wildman–Crippen MR) is 61.4 cm³/mol. The summed E-state index contributed by atoms with van der Waals surface area (Å²) in [6.45, 7) is 0. The van der Waals surface area contributed by atoms with Gasteiger partial charge in [0.25, 0.3) is 0 Å². The molecule has 0 bridgehead atoms.